The van der Waals surface area contributed by atoms with Gasteiger partial charge in [0.1, 0.15) is 6.33 Å². The Morgan fingerprint density at radius 3 is 2.86 bits per heavy atom. The summed E-state index contributed by atoms with van der Waals surface area (Å²) in [6.45, 7) is 0. The Balaban J connectivity index is 2.03. The first-order valence-electron chi connectivity index (χ1n) is 6.44. The van der Waals surface area contributed by atoms with Crippen molar-refractivity contribution in [3.05, 3.63) is 59.1 Å². The number of H-pyrrole nitrogens is 1. The molecule has 0 atom stereocenters. The van der Waals surface area contributed by atoms with Crippen molar-refractivity contribution in [2.45, 2.75) is 0 Å². The maximum atomic E-state index is 12.2. The molecule has 21 heavy (non-hydrogen) atoms. The number of aromatic amines is 1. The lowest BCUT2D eigenvalue weighted by Gasteiger charge is -2.05. The minimum atomic E-state index is -0.222. The van der Waals surface area contributed by atoms with E-state index in [0.29, 0.717) is 22.5 Å². The first-order chi connectivity index (χ1) is 10.2. The molecule has 2 heterocycles. The summed E-state index contributed by atoms with van der Waals surface area (Å²) in [5.41, 5.74) is 8.35. The molecule has 6 heteroatoms. The number of aromatic nitrogens is 4. The Kier molecular flexibility index (Phi) is 2.32. The number of hydrogen-bond donors (Lipinski definition) is 2. The van der Waals surface area contributed by atoms with Gasteiger partial charge in [0.15, 0.2) is 0 Å². The van der Waals surface area contributed by atoms with Crippen molar-refractivity contribution >= 4 is 27.6 Å². The molecule has 4 rings (SSSR count). The third-order valence-electron chi connectivity index (χ3n) is 3.40. The van der Waals surface area contributed by atoms with E-state index < -0.39 is 0 Å². The minimum Gasteiger partial charge on any atom is -0.399 e. The molecule has 3 N–H and O–H groups in total. The van der Waals surface area contributed by atoms with Crippen molar-refractivity contribution in [3.63, 3.8) is 0 Å². The molecule has 0 amide bonds. The van der Waals surface area contributed by atoms with Crippen molar-refractivity contribution in [3.8, 4) is 5.95 Å². The van der Waals surface area contributed by atoms with Crippen molar-refractivity contribution < 1.29 is 0 Å². The van der Waals surface area contributed by atoms with Crippen LogP contribution in [-0.2, 0) is 0 Å². The van der Waals surface area contributed by atoms with E-state index in [4.69, 9.17) is 5.73 Å². The van der Waals surface area contributed by atoms with E-state index in [9.17, 15) is 4.79 Å². The Morgan fingerprint density at radius 1 is 1.10 bits per heavy atom. The molecule has 0 bridgehead atoms. The average Bonchev–Trinajstić information content (AvgIpc) is 2.92. The number of nitrogens with one attached hydrogen (secondary N) is 1. The summed E-state index contributed by atoms with van der Waals surface area (Å²) in [6, 6.07) is 12.8. The Bertz CT molecular complexity index is 1030. The van der Waals surface area contributed by atoms with E-state index in [2.05, 4.69) is 15.0 Å². The summed E-state index contributed by atoms with van der Waals surface area (Å²) in [5.74, 6) is 0.436. The number of benzene rings is 2. The van der Waals surface area contributed by atoms with E-state index in [1.165, 1.54) is 0 Å². The lowest BCUT2D eigenvalue weighted by atomic mass is 10.2. The molecule has 4 aromatic rings. The van der Waals surface area contributed by atoms with Crippen LogP contribution in [0.1, 0.15) is 0 Å². The molecule has 102 valence electrons. The predicted molar refractivity (Wildman–Crippen MR) is 81.4 cm³/mol. The molecule has 2 aromatic heterocycles. The van der Waals surface area contributed by atoms with Crippen LogP contribution < -0.4 is 11.3 Å². The second-order valence-corrected chi connectivity index (χ2v) is 4.77. The molecule has 0 saturated carbocycles. The van der Waals surface area contributed by atoms with Crippen molar-refractivity contribution in [1.82, 2.24) is 19.5 Å². The Hall–Kier alpha value is -3.15. The first kappa shape index (κ1) is 11.7. The van der Waals surface area contributed by atoms with Gasteiger partial charge in [-0.15, -0.1) is 0 Å². The van der Waals surface area contributed by atoms with Crippen LogP contribution in [0.15, 0.2) is 53.6 Å². The molecule has 2 aromatic carbocycles. The summed E-state index contributed by atoms with van der Waals surface area (Å²) in [5, 5.41) is 0.475. The van der Waals surface area contributed by atoms with Gasteiger partial charge in [0.2, 0.25) is 5.95 Å². The number of nitrogens with zero attached hydrogens (tertiary/aromatic N) is 3. The van der Waals surface area contributed by atoms with Crippen LogP contribution in [0.3, 0.4) is 0 Å². The van der Waals surface area contributed by atoms with Crippen LogP contribution in [0, 0.1) is 0 Å². The molecule has 0 aliphatic heterocycles. The minimum absolute atomic E-state index is 0.222. The topological polar surface area (TPSA) is 89.6 Å². The SMILES string of the molecule is Nc1ccc2nc(-n3cnc4ccccc43)[nH]c(=O)c2c1. The molecule has 0 aliphatic carbocycles. The highest BCUT2D eigenvalue weighted by molar-refractivity contribution is 5.82. The first-order valence-corrected chi connectivity index (χ1v) is 6.44. The fourth-order valence-electron chi connectivity index (χ4n) is 2.39. The number of imidazole rings is 1. The number of anilines is 1. The predicted octanol–water partition coefficient (Wildman–Crippen LogP) is 1.84. The van der Waals surface area contributed by atoms with Gasteiger partial charge in [-0.05, 0) is 30.3 Å². The molecule has 6 nitrogen and oxygen atoms in total. The highest BCUT2D eigenvalue weighted by atomic mass is 16.1. The molecular weight excluding hydrogens is 266 g/mol. The Labute approximate surface area is 118 Å². The smallest absolute Gasteiger partial charge is 0.260 e. The van der Waals surface area contributed by atoms with Crippen LogP contribution in [0.5, 0.6) is 0 Å². The van der Waals surface area contributed by atoms with Crippen LogP contribution in [0.25, 0.3) is 27.9 Å². The van der Waals surface area contributed by atoms with Gasteiger partial charge < -0.3 is 5.73 Å². The van der Waals surface area contributed by atoms with Crippen LogP contribution in [0.4, 0.5) is 5.69 Å². The van der Waals surface area contributed by atoms with Gasteiger partial charge in [0.05, 0.1) is 21.9 Å². The average molecular weight is 277 g/mol. The third-order valence-corrected chi connectivity index (χ3v) is 3.40. The van der Waals surface area contributed by atoms with Crippen LogP contribution in [0.2, 0.25) is 0 Å². The molecule has 0 unspecified atom stereocenters. The zero-order valence-electron chi connectivity index (χ0n) is 10.9. The van der Waals surface area contributed by atoms with Gasteiger partial charge in [-0.25, -0.2) is 9.97 Å². The highest BCUT2D eigenvalue weighted by Gasteiger charge is 2.09. The quantitative estimate of drug-likeness (QED) is 0.519. The molecular formula is C15H11N5O. The van der Waals surface area contributed by atoms with E-state index in [-0.39, 0.29) is 5.56 Å². The van der Waals surface area contributed by atoms with Crippen LogP contribution >= 0.6 is 0 Å². The third kappa shape index (κ3) is 1.77. The molecule has 0 radical (unpaired) electrons. The van der Waals surface area contributed by atoms with E-state index in [1.807, 2.05) is 24.3 Å². The van der Waals surface area contributed by atoms with Gasteiger partial charge in [0, 0.05) is 5.69 Å². The lowest BCUT2D eigenvalue weighted by molar-refractivity contribution is 0.952. The van der Waals surface area contributed by atoms with Gasteiger partial charge in [-0.3, -0.25) is 14.3 Å². The van der Waals surface area contributed by atoms with E-state index in [1.54, 1.807) is 29.1 Å². The summed E-state index contributed by atoms with van der Waals surface area (Å²) >= 11 is 0. The number of fused-ring (bicyclic) bond motifs is 2. The standard InChI is InChI=1S/C15H11N5O/c16-9-5-6-11-10(7-9)14(21)19-15(18-11)20-8-17-12-3-1-2-4-13(12)20/h1-8H,16H2,(H,18,19,21). The van der Waals surface area contributed by atoms with E-state index in [0.717, 1.165) is 11.0 Å². The summed E-state index contributed by atoms with van der Waals surface area (Å²) in [7, 11) is 0. The number of nitrogens with two attached hydrogens (primary N) is 1. The van der Waals surface area contributed by atoms with Crippen molar-refractivity contribution in [1.29, 1.82) is 0 Å². The number of nitrogen functional groups attached to an aromatic ring is 1. The van der Waals surface area contributed by atoms with Gasteiger partial charge >= 0.3 is 0 Å². The monoisotopic (exact) mass is 277 g/mol. The summed E-state index contributed by atoms with van der Waals surface area (Å²) in [6.07, 6.45) is 1.64. The second-order valence-electron chi connectivity index (χ2n) is 4.77. The molecule has 0 spiro atoms. The van der Waals surface area contributed by atoms with Gasteiger partial charge in [-0.2, -0.15) is 0 Å². The summed E-state index contributed by atoms with van der Waals surface area (Å²) in [4.78, 5) is 23.8. The Morgan fingerprint density at radius 2 is 1.95 bits per heavy atom. The zero-order valence-corrected chi connectivity index (χ0v) is 10.9. The van der Waals surface area contributed by atoms with Gasteiger partial charge in [0.25, 0.3) is 5.56 Å². The van der Waals surface area contributed by atoms with E-state index >= 15 is 0 Å². The van der Waals surface area contributed by atoms with Crippen LogP contribution in [-0.4, -0.2) is 19.5 Å². The molecule has 0 fully saturated rings. The van der Waals surface area contributed by atoms with Crippen molar-refractivity contribution in [2.75, 3.05) is 5.73 Å². The number of para-hydroxylation sites is 2. The van der Waals surface area contributed by atoms with Crippen molar-refractivity contribution in [2.24, 2.45) is 0 Å². The van der Waals surface area contributed by atoms with Gasteiger partial charge in [-0.1, -0.05) is 12.1 Å². The maximum absolute atomic E-state index is 12.2. The normalized spacial score (nSPS) is 11.2. The molecule has 0 aliphatic rings. The highest BCUT2D eigenvalue weighted by Crippen LogP contribution is 2.17. The fraction of sp³-hybridized carbons (Fsp3) is 0. The lowest BCUT2D eigenvalue weighted by Crippen LogP contribution is -2.13. The maximum Gasteiger partial charge on any atom is 0.260 e. The summed E-state index contributed by atoms with van der Waals surface area (Å²) < 4.78 is 1.76. The zero-order chi connectivity index (χ0) is 14.4. The fourth-order valence-corrected chi connectivity index (χ4v) is 2.39. The molecule has 0 saturated heterocycles. The largest absolute Gasteiger partial charge is 0.399 e. The number of rotatable bonds is 1. The number of hydrogen-bond acceptors (Lipinski definition) is 4. The second kappa shape index (κ2) is 4.17.